The molecule has 38 heavy (non-hydrogen) atoms. The van der Waals surface area contributed by atoms with Crippen LogP contribution >= 0.6 is 0 Å². The topological polar surface area (TPSA) is 101 Å². The molecule has 5 rings (SSSR count). The molecular weight excluding hydrogens is 506 g/mol. The van der Waals surface area contributed by atoms with Crippen LogP contribution in [0.1, 0.15) is 28.3 Å². The number of nitrogens with one attached hydrogen (secondary N) is 1. The standard InChI is InChI=1S/C27H19F4N3O4/c28-22-10-15(6-7-17(22)19-11-20(19)26(37)38)14-3-1-4-16(9-14)34-12-21(25(36)33-13-27(29,30)31)23(35)18-5-2-8-32-24(18)34/h1-10,12,19-20H,11,13H2,(H,33,36)(H,37,38). The molecule has 2 aromatic heterocycles. The van der Waals surface area contributed by atoms with Gasteiger partial charge in [0.1, 0.15) is 23.6 Å². The first kappa shape index (κ1) is 25.1. The van der Waals surface area contributed by atoms with Crippen LogP contribution in [-0.4, -0.2) is 39.3 Å². The molecule has 7 nitrogen and oxygen atoms in total. The number of aliphatic carboxylic acids is 1. The summed E-state index contributed by atoms with van der Waals surface area (Å²) in [4.78, 5) is 40.8. The van der Waals surface area contributed by atoms with E-state index in [0.717, 1.165) is 6.20 Å². The lowest BCUT2D eigenvalue weighted by atomic mass is 10.0. The fraction of sp³-hybridized carbons (Fsp3) is 0.185. The molecule has 0 spiro atoms. The Kier molecular flexibility index (Phi) is 6.22. The number of nitrogens with zero attached hydrogens (tertiary/aromatic N) is 2. The van der Waals surface area contributed by atoms with Crippen molar-refractivity contribution in [2.24, 2.45) is 5.92 Å². The zero-order valence-electron chi connectivity index (χ0n) is 19.5. The summed E-state index contributed by atoms with van der Waals surface area (Å²) in [6.45, 7) is -1.60. The average molecular weight is 525 g/mol. The second kappa shape index (κ2) is 9.40. The van der Waals surface area contributed by atoms with Crippen molar-refractivity contribution in [1.82, 2.24) is 14.9 Å². The largest absolute Gasteiger partial charge is 0.481 e. The first-order valence-corrected chi connectivity index (χ1v) is 11.5. The molecule has 11 heteroatoms. The fourth-order valence-electron chi connectivity index (χ4n) is 4.45. The van der Waals surface area contributed by atoms with E-state index in [4.69, 9.17) is 5.11 Å². The molecule has 1 aliphatic rings. The van der Waals surface area contributed by atoms with E-state index < -0.39 is 47.3 Å². The number of carboxylic acids is 1. The van der Waals surface area contributed by atoms with Gasteiger partial charge in [-0.25, -0.2) is 9.37 Å². The van der Waals surface area contributed by atoms with Crippen molar-refractivity contribution in [3.05, 3.63) is 94.2 Å². The molecule has 2 aromatic carbocycles. The number of carbonyl (C=O) groups excluding carboxylic acids is 1. The number of pyridine rings is 2. The van der Waals surface area contributed by atoms with Crippen molar-refractivity contribution in [3.63, 3.8) is 0 Å². The number of carboxylic acid groups (broad SMARTS) is 1. The van der Waals surface area contributed by atoms with Gasteiger partial charge < -0.3 is 15.0 Å². The number of fused-ring (bicyclic) bond motifs is 1. The summed E-state index contributed by atoms with van der Waals surface area (Å²) in [7, 11) is 0. The number of alkyl halides is 3. The third kappa shape index (κ3) is 4.86. The number of carbonyl (C=O) groups is 2. The van der Waals surface area contributed by atoms with Crippen molar-refractivity contribution in [2.45, 2.75) is 18.5 Å². The molecule has 1 amide bonds. The lowest BCUT2D eigenvalue weighted by Crippen LogP contribution is -2.36. The Morgan fingerprint density at radius 3 is 2.53 bits per heavy atom. The molecule has 0 radical (unpaired) electrons. The predicted molar refractivity (Wildman–Crippen MR) is 130 cm³/mol. The maximum atomic E-state index is 14.9. The molecule has 2 N–H and O–H groups in total. The van der Waals surface area contributed by atoms with Crippen LogP contribution in [0, 0.1) is 11.7 Å². The highest BCUT2D eigenvalue weighted by molar-refractivity contribution is 5.97. The van der Waals surface area contributed by atoms with Gasteiger partial charge in [0, 0.05) is 24.0 Å². The second-order valence-electron chi connectivity index (χ2n) is 8.99. The molecule has 0 aliphatic heterocycles. The van der Waals surface area contributed by atoms with Crippen LogP contribution in [0.2, 0.25) is 0 Å². The van der Waals surface area contributed by atoms with Gasteiger partial charge >= 0.3 is 12.1 Å². The van der Waals surface area contributed by atoms with Crippen LogP contribution in [0.5, 0.6) is 0 Å². The number of rotatable bonds is 6. The van der Waals surface area contributed by atoms with Crippen molar-refractivity contribution in [1.29, 1.82) is 0 Å². The second-order valence-corrected chi connectivity index (χ2v) is 8.99. The Balaban J connectivity index is 1.54. The average Bonchev–Trinajstić information content (AvgIpc) is 3.68. The van der Waals surface area contributed by atoms with Gasteiger partial charge in [-0.1, -0.05) is 24.3 Å². The van der Waals surface area contributed by atoms with E-state index in [2.05, 4.69) is 4.98 Å². The van der Waals surface area contributed by atoms with Crippen molar-refractivity contribution in [2.75, 3.05) is 6.54 Å². The van der Waals surface area contributed by atoms with Gasteiger partial charge in [0.15, 0.2) is 0 Å². The molecule has 2 unspecified atom stereocenters. The van der Waals surface area contributed by atoms with E-state index in [1.807, 2.05) is 0 Å². The normalized spacial score (nSPS) is 16.8. The number of hydrogen-bond acceptors (Lipinski definition) is 4. The molecule has 4 aromatic rings. The minimum Gasteiger partial charge on any atom is -0.481 e. The third-order valence-electron chi connectivity index (χ3n) is 6.42. The monoisotopic (exact) mass is 525 g/mol. The number of hydrogen-bond donors (Lipinski definition) is 2. The fourth-order valence-corrected chi connectivity index (χ4v) is 4.45. The van der Waals surface area contributed by atoms with Crippen LogP contribution in [0.25, 0.3) is 27.8 Å². The Morgan fingerprint density at radius 2 is 1.84 bits per heavy atom. The third-order valence-corrected chi connectivity index (χ3v) is 6.42. The van der Waals surface area contributed by atoms with Crippen LogP contribution in [0.15, 0.2) is 71.8 Å². The van der Waals surface area contributed by atoms with Gasteiger partial charge in [0.25, 0.3) is 5.91 Å². The summed E-state index contributed by atoms with van der Waals surface area (Å²) in [6, 6.07) is 14.1. The van der Waals surface area contributed by atoms with Crippen molar-refractivity contribution in [3.8, 4) is 16.8 Å². The Bertz CT molecular complexity index is 1650. The SMILES string of the molecule is O=C(NCC(F)(F)F)c1cn(-c2cccc(-c3ccc(C4CC4C(=O)O)c(F)c3)c2)c2ncccc2c1=O. The van der Waals surface area contributed by atoms with E-state index in [1.165, 1.54) is 29.0 Å². The van der Waals surface area contributed by atoms with Gasteiger partial charge in [-0.2, -0.15) is 13.2 Å². The van der Waals surface area contributed by atoms with E-state index >= 15 is 0 Å². The maximum Gasteiger partial charge on any atom is 0.405 e. The smallest absolute Gasteiger partial charge is 0.405 e. The zero-order chi connectivity index (χ0) is 27.2. The molecule has 1 saturated carbocycles. The first-order chi connectivity index (χ1) is 18.0. The van der Waals surface area contributed by atoms with E-state index in [9.17, 15) is 31.9 Å². The van der Waals surface area contributed by atoms with Crippen LogP contribution < -0.4 is 10.7 Å². The lowest BCUT2D eigenvalue weighted by Gasteiger charge is -2.15. The Morgan fingerprint density at radius 1 is 1.08 bits per heavy atom. The number of benzene rings is 2. The molecular formula is C27H19F4N3O4. The lowest BCUT2D eigenvalue weighted by molar-refractivity contribution is -0.138. The number of aromatic nitrogens is 2. The van der Waals surface area contributed by atoms with Crippen molar-refractivity contribution >= 4 is 22.9 Å². The molecule has 1 aliphatic carbocycles. The number of amides is 1. The summed E-state index contributed by atoms with van der Waals surface area (Å²) in [6.07, 6.45) is -1.71. The minimum atomic E-state index is -4.65. The minimum absolute atomic E-state index is 0.0328. The van der Waals surface area contributed by atoms with Gasteiger partial charge in [0.05, 0.1) is 11.3 Å². The van der Waals surface area contributed by atoms with Gasteiger partial charge in [0.2, 0.25) is 5.43 Å². The quantitative estimate of drug-likeness (QED) is 0.357. The first-order valence-electron chi connectivity index (χ1n) is 11.5. The summed E-state index contributed by atoms with van der Waals surface area (Å²) >= 11 is 0. The predicted octanol–water partition coefficient (Wildman–Crippen LogP) is 4.67. The maximum absolute atomic E-state index is 14.9. The van der Waals surface area contributed by atoms with Crippen LogP contribution in [0.4, 0.5) is 17.6 Å². The highest BCUT2D eigenvalue weighted by Gasteiger charge is 2.45. The molecule has 194 valence electrons. The molecule has 2 heterocycles. The molecule has 2 atom stereocenters. The van der Waals surface area contributed by atoms with Crippen LogP contribution in [-0.2, 0) is 4.79 Å². The van der Waals surface area contributed by atoms with E-state index in [0.29, 0.717) is 28.8 Å². The van der Waals surface area contributed by atoms with Gasteiger partial charge in [-0.05, 0) is 53.4 Å². The van der Waals surface area contributed by atoms with Crippen molar-refractivity contribution < 1.29 is 32.3 Å². The van der Waals surface area contributed by atoms with Gasteiger partial charge in [-0.3, -0.25) is 14.4 Å². The highest BCUT2D eigenvalue weighted by Crippen LogP contribution is 2.48. The molecule has 0 saturated heterocycles. The van der Waals surface area contributed by atoms with E-state index in [1.54, 1.807) is 41.7 Å². The molecule has 0 bridgehead atoms. The summed E-state index contributed by atoms with van der Waals surface area (Å²) in [5.41, 5.74) is 0.755. The van der Waals surface area contributed by atoms with E-state index in [-0.39, 0.29) is 17.0 Å². The Hall–Kier alpha value is -4.54. The zero-order valence-corrected chi connectivity index (χ0v) is 19.5. The highest BCUT2D eigenvalue weighted by atomic mass is 19.4. The molecule has 1 fully saturated rings. The Labute approximate surface area is 212 Å². The number of halogens is 4. The van der Waals surface area contributed by atoms with Crippen LogP contribution in [0.3, 0.4) is 0 Å². The summed E-state index contributed by atoms with van der Waals surface area (Å²) < 4.78 is 54.2. The summed E-state index contributed by atoms with van der Waals surface area (Å²) in [5, 5.41) is 10.9. The summed E-state index contributed by atoms with van der Waals surface area (Å²) in [5.74, 6) is -3.63. The van der Waals surface area contributed by atoms with Gasteiger partial charge in [-0.15, -0.1) is 0 Å².